The maximum absolute atomic E-state index is 5.73. The molecule has 6 nitrogen and oxygen atoms in total. The molecule has 0 amide bonds. The number of rotatable bonds is 11. The molecule has 0 aliphatic heterocycles. The van der Waals surface area contributed by atoms with Crippen LogP contribution in [-0.4, -0.2) is 57.9 Å². The smallest absolute Gasteiger partial charge is 0.194 e. The molecular weight excluding hydrogens is 457 g/mol. The second-order valence-corrected chi connectivity index (χ2v) is 6.53. The van der Waals surface area contributed by atoms with Crippen LogP contribution in [0.25, 0.3) is 0 Å². The van der Waals surface area contributed by atoms with Crippen molar-refractivity contribution >= 4 is 29.9 Å². The van der Waals surface area contributed by atoms with Gasteiger partial charge in [0.25, 0.3) is 0 Å². The maximum Gasteiger partial charge on any atom is 0.194 e. The van der Waals surface area contributed by atoms with Gasteiger partial charge in [0, 0.05) is 26.7 Å². The number of nitrogens with one attached hydrogen (secondary N) is 1. The van der Waals surface area contributed by atoms with Crippen molar-refractivity contribution < 1.29 is 14.2 Å². The molecule has 1 aliphatic carbocycles. The minimum absolute atomic E-state index is 0. The summed E-state index contributed by atoms with van der Waals surface area (Å²) in [6, 6.07) is 5.95. The summed E-state index contributed by atoms with van der Waals surface area (Å²) in [7, 11) is 3.70. The van der Waals surface area contributed by atoms with Crippen LogP contribution in [0.4, 0.5) is 0 Å². The van der Waals surface area contributed by atoms with Gasteiger partial charge in [-0.2, -0.15) is 0 Å². The fourth-order valence-corrected chi connectivity index (χ4v) is 2.56. The number of benzene rings is 1. The predicted octanol–water partition coefficient (Wildman–Crippen LogP) is 3.54. The third-order valence-electron chi connectivity index (χ3n) is 4.26. The van der Waals surface area contributed by atoms with Crippen LogP contribution >= 0.6 is 24.0 Å². The fourth-order valence-electron chi connectivity index (χ4n) is 2.56. The van der Waals surface area contributed by atoms with Crippen molar-refractivity contribution in [1.82, 2.24) is 10.2 Å². The third kappa shape index (κ3) is 8.55. The van der Waals surface area contributed by atoms with Gasteiger partial charge in [0.1, 0.15) is 0 Å². The van der Waals surface area contributed by atoms with Crippen molar-refractivity contribution in [2.24, 2.45) is 10.9 Å². The Morgan fingerprint density at radius 3 is 2.67 bits per heavy atom. The van der Waals surface area contributed by atoms with Crippen molar-refractivity contribution in [3.8, 4) is 11.5 Å². The molecule has 1 aromatic carbocycles. The fraction of sp³-hybridized carbons (Fsp3) is 0.650. The first-order valence-electron chi connectivity index (χ1n) is 9.54. The summed E-state index contributed by atoms with van der Waals surface area (Å²) in [6.45, 7) is 8.52. The SMILES string of the molecule is CCNC(=NCc1ccc(OCC)c(OC)c1)N(C)CCOCC1CC1.I. The van der Waals surface area contributed by atoms with Crippen LogP contribution in [-0.2, 0) is 11.3 Å². The van der Waals surface area contributed by atoms with E-state index in [2.05, 4.69) is 17.1 Å². The van der Waals surface area contributed by atoms with E-state index in [1.165, 1.54) is 12.8 Å². The summed E-state index contributed by atoms with van der Waals surface area (Å²) in [4.78, 5) is 6.85. The molecule has 27 heavy (non-hydrogen) atoms. The lowest BCUT2D eigenvalue weighted by Crippen LogP contribution is -2.40. The second-order valence-electron chi connectivity index (χ2n) is 6.53. The molecule has 1 aromatic rings. The van der Waals surface area contributed by atoms with E-state index in [1.54, 1.807) is 7.11 Å². The zero-order valence-corrected chi connectivity index (χ0v) is 19.3. The molecular formula is C20H34IN3O3. The zero-order valence-electron chi connectivity index (χ0n) is 17.0. The lowest BCUT2D eigenvalue weighted by atomic mass is 10.2. The first kappa shape index (κ1) is 23.8. The molecule has 0 radical (unpaired) electrons. The normalized spacial score (nSPS) is 13.7. The molecule has 0 atom stereocenters. The number of methoxy groups -OCH3 is 1. The lowest BCUT2D eigenvalue weighted by molar-refractivity contribution is 0.115. The first-order chi connectivity index (χ1) is 12.7. The lowest BCUT2D eigenvalue weighted by Gasteiger charge is -2.22. The Kier molecular flexibility index (Phi) is 11.5. The van der Waals surface area contributed by atoms with Crippen molar-refractivity contribution in [3.05, 3.63) is 23.8 Å². The molecule has 7 heteroatoms. The highest BCUT2D eigenvalue weighted by molar-refractivity contribution is 14.0. The summed E-state index contributed by atoms with van der Waals surface area (Å²) < 4.78 is 16.7. The standard InChI is InChI=1S/C20H33N3O3.HI/c1-5-21-20(23(3)11-12-25-15-16-7-8-16)22-14-17-9-10-18(26-6-2)19(13-17)24-4;/h9-10,13,16H,5-8,11-12,14-15H2,1-4H3,(H,21,22);1H. The van der Waals surface area contributed by atoms with Gasteiger partial charge in [0.05, 0.1) is 26.9 Å². The Labute approximate surface area is 180 Å². The van der Waals surface area contributed by atoms with Gasteiger partial charge < -0.3 is 24.4 Å². The van der Waals surface area contributed by atoms with Crippen molar-refractivity contribution in [1.29, 1.82) is 0 Å². The Morgan fingerprint density at radius 2 is 2.04 bits per heavy atom. The molecule has 0 spiro atoms. The van der Waals surface area contributed by atoms with Crippen molar-refractivity contribution in [3.63, 3.8) is 0 Å². The van der Waals surface area contributed by atoms with Gasteiger partial charge in [-0.1, -0.05) is 6.07 Å². The van der Waals surface area contributed by atoms with E-state index in [0.717, 1.165) is 55.2 Å². The van der Waals surface area contributed by atoms with E-state index < -0.39 is 0 Å². The average molecular weight is 491 g/mol. The Morgan fingerprint density at radius 1 is 1.26 bits per heavy atom. The molecule has 1 fully saturated rings. The highest BCUT2D eigenvalue weighted by atomic mass is 127. The number of hydrogen-bond donors (Lipinski definition) is 1. The predicted molar refractivity (Wildman–Crippen MR) is 121 cm³/mol. The van der Waals surface area contributed by atoms with Gasteiger partial charge in [-0.15, -0.1) is 24.0 Å². The number of likely N-dealkylation sites (N-methyl/N-ethyl adjacent to an activating group) is 1. The molecule has 154 valence electrons. The number of guanidine groups is 1. The Hall–Kier alpha value is -1.22. The van der Waals surface area contributed by atoms with Crippen LogP contribution in [0.2, 0.25) is 0 Å². The van der Waals surface area contributed by atoms with Crippen molar-refractivity contribution in [2.75, 3.05) is 47.1 Å². The third-order valence-corrected chi connectivity index (χ3v) is 4.26. The van der Waals surface area contributed by atoms with Crippen LogP contribution in [0.5, 0.6) is 11.5 Å². The molecule has 0 unspecified atom stereocenters. The topological polar surface area (TPSA) is 55.3 Å². The Bertz CT molecular complexity index is 580. The van der Waals surface area contributed by atoms with E-state index in [1.807, 2.05) is 32.2 Å². The van der Waals surface area contributed by atoms with E-state index in [0.29, 0.717) is 13.2 Å². The van der Waals surface area contributed by atoms with Gasteiger partial charge >= 0.3 is 0 Å². The van der Waals surface area contributed by atoms with Gasteiger partial charge in [-0.05, 0) is 50.3 Å². The highest BCUT2D eigenvalue weighted by Gasteiger charge is 2.21. The summed E-state index contributed by atoms with van der Waals surface area (Å²) in [6.07, 6.45) is 2.65. The molecule has 2 rings (SSSR count). The van der Waals surface area contributed by atoms with Crippen LogP contribution in [0.3, 0.4) is 0 Å². The van der Waals surface area contributed by atoms with Crippen LogP contribution in [0.15, 0.2) is 23.2 Å². The monoisotopic (exact) mass is 491 g/mol. The van der Waals surface area contributed by atoms with Gasteiger partial charge in [-0.3, -0.25) is 0 Å². The molecule has 1 N–H and O–H groups in total. The zero-order chi connectivity index (χ0) is 18.8. The minimum Gasteiger partial charge on any atom is -0.493 e. The molecule has 1 aliphatic rings. The number of nitrogens with zero attached hydrogens (tertiary/aromatic N) is 2. The van der Waals surface area contributed by atoms with Gasteiger partial charge in [-0.25, -0.2) is 4.99 Å². The number of aliphatic imine (C=N–C) groups is 1. The van der Waals surface area contributed by atoms with Crippen LogP contribution < -0.4 is 14.8 Å². The average Bonchev–Trinajstić information content (AvgIpc) is 3.47. The second kappa shape index (κ2) is 13.0. The molecule has 0 bridgehead atoms. The van der Waals surface area contributed by atoms with E-state index >= 15 is 0 Å². The summed E-state index contributed by atoms with van der Waals surface area (Å²) in [5.74, 6) is 3.19. The van der Waals surface area contributed by atoms with Crippen LogP contribution in [0, 0.1) is 5.92 Å². The number of hydrogen-bond acceptors (Lipinski definition) is 4. The molecule has 0 saturated heterocycles. The highest BCUT2D eigenvalue weighted by Crippen LogP contribution is 2.29. The van der Waals surface area contributed by atoms with Crippen molar-refractivity contribution in [2.45, 2.75) is 33.2 Å². The largest absolute Gasteiger partial charge is 0.493 e. The van der Waals surface area contributed by atoms with E-state index in [9.17, 15) is 0 Å². The maximum atomic E-state index is 5.73. The molecule has 0 heterocycles. The van der Waals surface area contributed by atoms with E-state index in [-0.39, 0.29) is 24.0 Å². The summed E-state index contributed by atoms with van der Waals surface area (Å²) >= 11 is 0. The molecule has 1 saturated carbocycles. The van der Waals surface area contributed by atoms with Crippen LogP contribution in [0.1, 0.15) is 32.3 Å². The number of ether oxygens (including phenoxy) is 3. The summed E-state index contributed by atoms with van der Waals surface area (Å²) in [5.41, 5.74) is 1.08. The van der Waals surface area contributed by atoms with Gasteiger partial charge in [0.2, 0.25) is 0 Å². The Balaban J connectivity index is 0.00000364. The van der Waals surface area contributed by atoms with Gasteiger partial charge in [0.15, 0.2) is 17.5 Å². The quantitative estimate of drug-likeness (QED) is 0.222. The molecule has 0 aromatic heterocycles. The minimum atomic E-state index is 0. The van der Waals surface area contributed by atoms with E-state index in [4.69, 9.17) is 19.2 Å². The first-order valence-corrected chi connectivity index (χ1v) is 9.54. The summed E-state index contributed by atoms with van der Waals surface area (Å²) in [5, 5.41) is 3.34. The number of halogens is 1.